The molecule has 3 aromatic rings. The maximum atomic E-state index is 12.5. The van der Waals surface area contributed by atoms with Gasteiger partial charge in [-0.05, 0) is 47.5 Å². The van der Waals surface area contributed by atoms with Crippen LogP contribution in [0.5, 0.6) is 28.7 Å². The number of esters is 1. The lowest BCUT2D eigenvalue weighted by Crippen LogP contribution is -2.34. The Labute approximate surface area is 231 Å². The summed E-state index contributed by atoms with van der Waals surface area (Å²) in [5.41, 5.74) is 3.98. The van der Waals surface area contributed by atoms with Gasteiger partial charge in [0.25, 0.3) is 11.8 Å². The van der Waals surface area contributed by atoms with Gasteiger partial charge in [-0.1, -0.05) is 30.3 Å². The van der Waals surface area contributed by atoms with Gasteiger partial charge in [0.2, 0.25) is 5.75 Å². The Bertz CT molecular complexity index is 1380. The fourth-order valence-electron chi connectivity index (χ4n) is 3.41. The number of amides is 2. The van der Waals surface area contributed by atoms with E-state index in [4.69, 9.17) is 23.7 Å². The van der Waals surface area contributed by atoms with Crippen molar-refractivity contribution < 1.29 is 38.1 Å². The predicted octanol–water partition coefficient (Wildman–Crippen LogP) is 3.22. The third-order valence-corrected chi connectivity index (χ3v) is 5.35. The number of nitrogens with one attached hydrogen (secondary N) is 2. The molecule has 0 aliphatic heterocycles. The molecule has 0 atom stereocenters. The van der Waals surface area contributed by atoms with Crippen LogP contribution in [0.1, 0.15) is 21.5 Å². The number of hydrogen-bond acceptors (Lipinski definition) is 9. The van der Waals surface area contributed by atoms with E-state index in [9.17, 15) is 14.4 Å². The third-order valence-electron chi connectivity index (χ3n) is 5.35. The fourth-order valence-corrected chi connectivity index (χ4v) is 3.41. The summed E-state index contributed by atoms with van der Waals surface area (Å²) in [6.07, 6.45) is 4.34. The molecule has 0 spiro atoms. The quantitative estimate of drug-likeness (QED) is 0.116. The Morgan fingerprint density at radius 3 is 2.08 bits per heavy atom. The molecular formula is C29H29N3O8. The minimum Gasteiger partial charge on any atom is -0.493 e. The zero-order valence-corrected chi connectivity index (χ0v) is 22.4. The van der Waals surface area contributed by atoms with Gasteiger partial charge in [-0.15, -0.1) is 0 Å². The Morgan fingerprint density at radius 2 is 1.45 bits per heavy atom. The Hall–Kier alpha value is -5.32. The van der Waals surface area contributed by atoms with Crippen molar-refractivity contribution in [1.82, 2.24) is 10.7 Å². The molecule has 11 nitrogen and oxygen atoms in total. The summed E-state index contributed by atoms with van der Waals surface area (Å²) in [6.45, 7) is -0.332. The summed E-state index contributed by atoms with van der Waals surface area (Å²) < 4.78 is 26.4. The first-order chi connectivity index (χ1) is 19.4. The highest BCUT2D eigenvalue weighted by Gasteiger charge is 2.17. The van der Waals surface area contributed by atoms with E-state index in [0.29, 0.717) is 28.6 Å². The normalized spacial score (nSPS) is 10.7. The second-order valence-corrected chi connectivity index (χ2v) is 7.97. The van der Waals surface area contributed by atoms with Gasteiger partial charge in [0.1, 0.15) is 0 Å². The van der Waals surface area contributed by atoms with Crippen LogP contribution in [0.2, 0.25) is 0 Å². The van der Waals surface area contributed by atoms with Crippen LogP contribution in [0.3, 0.4) is 0 Å². The van der Waals surface area contributed by atoms with Crippen LogP contribution in [0.4, 0.5) is 0 Å². The first-order valence-electron chi connectivity index (χ1n) is 11.9. The van der Waals surface area contributed by atoms with Crippen molar-refractivity contribution in [2.24, 2.45) is 5.10 Å². The van der Waals surface area contributed by atoms with E-state index >= 15 is 0 Å². The Kier molecular flexibility index (Phi) is 10.7. The van der Waals surface area contributed by atoms with Gasteiger partial charge >= 0.3 is 5.97 Å². The first kappa shape index (κ1) is 29.2. The molecule has 40 heavy (non-hydrogen) atoms. The molecule has 0 aromatic heterocycles. The third kappa shape index (κ3) is 8.09. The molecule has 0 aliphatic carbocycles. The van der Waals surface area contributed by atoms with Gasteiger partial charge in [0.15, 0.2) is 23.0 Å². The number of nitrogens with zero attached hydrogens (tertiary/aromatic N) is 1. The molecule has 0 bridgehead atoms. The van der Waals surface area contributed by atoms with E-state index in [1.807, 2.05) is 30.3 Å². The Balaban J connectivity index is 1.54. The smallest absolute Gasteiger partial charge is 0.336 e. The van der Waals surface area contributed by atoms with Crippen molar-refractivity contribution >= 4 is 30.1 Å². The molecule has 0 heterocycles. The zero-order valence-electron chi connectivity index (χ0n) is 22.4. The lowest BCUT2D eigenvalue weighted by Gasteiger charge is -2.14. The van der Waals surface area contributed by atoms with Gasteiger partial charge < -0.3 is 29.0 Å². The molecule has 2 N–H and O–H groups in total. The second kappa shape index (κ2) is 14.6. The van der Waals surface area contributed by atoms with Gasteiger partial charge in [-0.25, -0.2) is 10.2 Å². The SMILES string of the molecule is COc1cc(C=NNC(=O)CNC(=O)c2cc(OC)c(OC)c(OC)c2)ccc1OC(=O)C=Cc1ccccc1. The maximum Gasteiger partial charge on any atom is 0.336 e. The molecule has 0 saturated heterocycles. The molecule has 0 saturated carbocycles. The molecule has 0 aliphatic rings. The molecule has 3 aromatic carbocycles. The summed E-state index contributed by atoms with van der Waals surface area (Å²) in [5.74, 6) is -0.163. The van der Waals surface area contributed by atoms with E-state index < -0.39 is 17.8 Å². The summed E-state index contributed by atoms with van der Waals surface area (Å²) in [4.78, 5) is 36.9. The lowest BCUT2D eigenvalue weighted by molar-refractivity contribution is -0.129. The number of carbonyl (C=O) groups excluding carboxylic acids is 3. The van der Waals surface area contributed by atoms with Gasteiger partial charge in [0.05, 0.1) is 41.2 Å². The van der Waals surface area contributed by atoms with Crippen molar-refractivity contribution in [2.75, 3.05) is 35.0 Å². The summed E-state index contributed by atoms with van der Waals surface area (Å²) >= 11 is 0. The lowest BCUT2D eigenvalue weighted by atomic mass is 10.1. The number of carbonyl (C=O) groups is 3. The van der Waals surface area contributed by atoms with Crippen LogP contribution >= 0.6 is 0 Å². The molecule has 208 valence electrons. The van der Waals surface area contributed by atoms with E-state index in [1.54, 1.807) is 24.3 Å². The van der Waals surface area contributed by atoms with Crippen LogP contribution in [-0.2, 0) is 9.59 Å². The van der Waals surface area contributed by atoms with Crippen LogP contribution in [0.25, 0.3) is 6.08 Å². The highest BCUT2D eigenvalue weighted by atomic mass is 16.6. The van der Waals surface area contributed by atoms with Crippen molar-refractivity contribution in [1.29, 1.82) is 0 Å². The molecule has 0 fully saturated rings. The molecule has 2 amide bonds. The molecule has 11 heteroatoms. The number of rotatable bonds is 12. The fraction of sp³-hybridized carbons (Fsp3) is 0.172. The topological polar surface area (TPSA) is 134 Å². The Morgan fingerprint density at radius 1 is 0.775 bits per heavy atom. The van der Waals surface area contributed by atoms with Gasteiger partial charge in [-0.3, -0.25) is 9.59 Å². The first-order valence-corrected chi connectivity index (χ1v) is 11.9. The summed E-state index contributed by atoms with van der Waals surface area (Å²) in [7, 11) is 5.76. The van der Waals surface area contributed by atoms with Crippen LogP contribution in [-0.4, -0.2) is 59.0 Å². The minimum atomic E-state index is -0.565. The zero-order chi connectivity index (χ0) is 28.9. The van der Waals surface area contributed by atoms with E-state index in [1.165, 1.54) is 52.9 Å². The van der Waals surface area contributed by atoms with Crippen LogP contribution < -0.4 is 34.4 Å². The largest absolute Gasteiger partial charge is 0.493 e. The van der Waals surface area contributed by atoms with E-state index in [-0.39, 0.29) is 17.9 Å². The average molecular weight is 548 g/mol. The van der Waals surface area contributed by atoms with E-state index in [2.05, 4.69) is 15.8 Å². The number of methoxy groups -OCH3 is 4. The molecule has 0 radical (unpaired) electrons. The van der Waals surface area contributed by atoms with E-state index in [0.717, 1.165) is 5.56 Å². The minimum absolute atomic E-state index is 0.217. The standard InChI is InChI=1S/C29H29N3O8/c1-36-23-14-20(10-12-22(23)40-27(34)13-11-19-8-6-5-7-9-19)17-31-32-26(33)18-30-29(35)21-15-24(37-2)28(39-4)25(16-21)38-3/h5-17H,18H2,1-4H3,(H,30,35)(H,32,33). The van der Waals surface area contributed by atoms with Crippen molar-refractivity contribution in [3.63, 3.8) is 0 Å². The van der Waals surface area contributed by atoms with Crippen molar-refractivity contribution in [2.45, 2.75) is 0 Å². The molecular weight excluding hydrogens is 518 g/mol. The molecule has 0 unspecified atom stereocenters. The summed E-state index contributed by atoms with van der Waals surface area (Å²) in [5, 5.41) is 6.39. The van der Waals surface area contributed by atoms with Crippen LogP contribution in [0.15, 0.2) is 71.8 Å². The molecule has 3 rings (SSSR count). The number of ether oxygens (including phenoxy) is 5. The monoisotopic (exact) mass is 547 g/mol. The van der Waals surface area contributed by atoms with Crippen molar-refractivity contribution in [3.8, 4) is 28.7 Å². The second-order valence-electron chi connectivity index (χ2n) is 7.97. The number of benzene rings is 3. The number of hydrazone groups is 1. The number of hydrogen-bond donors (Lipinski definition) is 2. The predicted molar refractivity (Wildman–Crippen MR) is 148 cm³/mol. The van der Waals surface area contributed by atoms with Gasteiger partial charge in [0, 0.05) is 11.6 Å². The average Bonchev–Trinajstić information content (AvgIpc) is 2.99. The van der Waals surface area contributed by atoms with Crippen molar-refractivity contribution in [3.05, 3.63) is 83.4 Å². The highest BCUT2D eigenvalue weighted by Crippen LogP contribution is 2.38. The highest BCUT2D eigenvalue weighted by molar-refractivity contribution is 5.97. The summed E-state index contributed by atoms with van der Waals surface area (Å²) in [6, 6.07) is 17.1. The van der Waals surface area contributed by atoms with Gasteiger partial charge in [-0.2, -0.15) is 5.10 Å². The maximum absolute atomic E-state index is 12.5. The van der Waals surface area contributed by atoms with Crippen LogP contribution in [0, 0.1) is 0 Å².